The highest BCUT2D eigenvalue weighted by atomic mass is 35.5. The first-order valence-corrected chi connectivity index (χ1v) is 7.60. The summed E-state index contributed by atoms with van der Waals surface area (Å²) in [6.07, 6.45) is 3.89. The molecule has 0 unspecified atom stereocenters. The molecule has 0 aliphatic carbocycles. The Morgan fingerprint density at radius 2 is 2.04 bits per heavy atom. The molecular weight excluding hydrogens is 332 g/mol. The molecule has 7 nitrogen and oxygen atoms in total. The van der Waals surface area contributed by atoms with Gasteiger partial charge in [0.25, 0.3) is 5.89 Å². The van der Waals surface area contributed by atoms with Crippen molar-refractivity contribution in [1.29, 1.82) is 0 Å². The fourth-order valence-electron chi connectivity index (χ4n) is 2.31. The zero-order valence-corrected chi connectivity index (χ0v) is 14.2. The summed E-state index contributed by atoms with van der Waals surface area (Å²) in [6.45, 7) is 2.00. The number of halogens is 1. The van der Waals surface area contributed by atoms with Gasteiger partial charge in [0.1, 0.15) is 6.33 Å². The summed E-state index contributed by atoms with van der Waals surface area (Å²) in [4.78, 5) is 12.7. The van der Waals surface area contributed by atoms with Gasteiger partial charge in [-0.25, -0.2) is 9.97 Å². The molecule has 8 heteroatoms. The van der Waals surface area contributed by atoms with E-state index in [4.69, 9.17) is 25.6 Å². The molecule has 2 aromatic heterocycles. The van der Waals surface area contributed by atoms with E-state index in [1.807, 2.05) is 6.92 Å². The van der Waals surface area contributed by atoms with Crippen LogP contribution in [0.25, 0.3) is 22.8 Å². The SMILES string of the molecule is CCc1ncncc1-c1nc(-c2cc(Cl)c(OC)c(OC)c2)no1. The third kappa shape index (κ3) is 2.90. The van der Waals surface area contributed by atoms with E-state index in [-0.39, 0.29) is 0 Å². The lowest BCUT2D eigenvalue weighted by Gasteiger charge is -2.10. The average Bonchev–Trinajstić information content (AvgIpc) is 3.10. The summed E-state index contributed by atoms with van der Waals surface area (Å²) in [6, 6.07) is 3.43. The molecule has 0 aliphatic heterocycles. The van der Waals surface area contributed by atoms with E-state index in [1.54, 1.807) is 18.3 Å². The minimum Gasteiger partial charge on any atom is -0.493 e. The maximum atomic E-state index is 6.22. The number of hydrogen-bond donors (Lipinski definition) is 0. The van der Waals surface area contributed by atoms with Gasteiger partial charge in [-0.2, -0.15) is 4.98 Å². The van der Waals surface area contributed by atoms with Crippen molar-refractivity contribution in [3.8, 4) is 34.3 Å². The second-order valence-electron chi connectivity index (χ2n) is 4.85. The molecule has 0 radical (unpaired) electrons. The van der Waals surface area contributed by atoms with E-state index in [1.165, 1.54) is 20.5 Å². The van der Waals surface area contributed by atoms with Crippen LogP contribution in [-0.4, -0.2) is 34.3 Å². The lowest BCUT2D eigenvalue weighted by Crippen LogP contribution is -1.94. The molecule has 2 heterocycles. The van der Waals surface area contributed by atoms with Crippen LogP contribution >= 0.6 is 11.6 Å². The van der Waals surface area contributed by atoms with Gasteiger partial charge in [0.05, 0.1) is 30.5 Å². The summed E-state index contributed by atoms with van der Waals surface area (Å²) in [5.41, 5.74) is 2.21. The van der Waals surface area contributed by atoms with Crippen LogP contribution in [0.4, 0.5) is 0 Å². The van der Waals surface area contributed by atoms with Crippen molar-refractivity contribution in [1.82, 2.24) is 20.1 Å². The van der Waals surface area contributed by atoms with Gasteiger partial charge in [0.15, 0.2) is 11.5 Å². The van der Waals surface area contributed by atoms with Crippen LogP contribution in [0.2, 0.25) is 5.02 Å². The first-order valence-electron chi connectivity index (χ1n) is 7.22. The molecule has 3 rings (SSSR count). The zero-order chi connectivity index (χ0) is 17.1. The second-order valence-corrected chi connectivity index (χ2v) is 5.26. The van der Waals surface area contributed by atoms with E-state index in [0.29, 0.717) is 39.4 Å². The molecule has 0 spiro atoms. The van der Waals surface area contributed by atoms with Gasteiger partial charge in [0.2, 0.25) is 5.82 Å². The van der Waals surface area contributed by atoms with Gasteiger partial charge in [-0.05, 0) is 18.6 Å². The first kappa shape index (κ1) is 16.2. The fraction of sp³-hybridized carbons (Fsp3) is 0.250. The van der Waals surface area contributed by atoms with Crippen molar-refractivity contribution in [3.05, 3.63) is 35.4 Å². The summed E-state index contributed by atoms with van der Waals surface area (Å²) >= 11 is 6.22. The highest BCUT2D eigenvalue weighted by Gasteiger charge is 2.18. The summed E-state index contributed by atoms with van der Waals surface area (Å²) < 4.78 is 15.9. The normalized spacial score (nSPS) is 10.7. The zero-order valence-electron chi connectivity index (χ0n) is 13.4. The molecule has 24 heavy (non-hydrogen) atoms. The molecular formula is C16H15ClN4O3. The Bertz CT molecular complexity index is 866. The molecule has 0 N–H and O–H groups in total. The van der Waals surface area contributed by atoms with Gasteiger partial charge < -0.3 is 14.0 Å². The monoisotopic (exact) mass is 346 g/mol. The fourth-order valence-corrected chi connectivity index (χ4v) is 2.60. The summed E-state index contributed by atoms with van der Waals surface area (Å²) in [5.74, 6) is 1.69. The van der Waals surface area contributed by atoms with Crippen LogP contribution in [0.3, 0.4) is 0 Å². The number of hydrogen-bond acceptors (Lipinski definition) is 7. The predicted octanol–water partition coefficient (Wildman–Crippen LogP) is 3.43. The van der Waals surface area contributed by atoms with Crippen LogP contribution in [0.15, 0.2) is 29.2 Å². The summed E-state index contributed by atoms with van der Waals surface area (Å²) in [7, 11) is 3.06. The van der Waals surface area contributed by atoms with Crippen molar-refractivity contribution < 1.29 is 14.0 Å². The van der Waals surface area contributed by atoms with Crippen molar-refractivity contribution in [2.24, 2.45) is 0 Å². The molecule has 0 atom stereocenters. The van der Waals surface area contributed by atoms with E-state index in [0.717, 1.165) is 12.1 Å². The molecule has 3 aromatic rings. The van der Waals surface area contributed by atoms with E-state index >= 15 is 0 Å². The van der Waals surface area contributed by atoms with Crippen molar-refractivity contribution in [2.75, 3.05) is 14.2 Å². The van der Waals surface area contributed by atoms with E-state index < -0.39 is 0 Å². The van der Waals surface area contributed by atoms with E-state index in [9.17, 15) is 0 Å². The number of aryl methyl sites for hydroxylation is 1. The number of benzene rings is 1. The Hall–Kier alpha value is -2.67. The Kier molecular flexibility index (Phi) is 4.61. The van der Waals surface area contributed by atoms with Gasteiger partial charge in [-0.3, -0.25) is 0 Å². The van der Waals surface area contributed by atoms with Gasteiger partial charge in [0, 0.05) is 11.8 Å². The Balaban J connectivity index is 2.04. The maximum Gasteiger partial charge on any atom is 0.261 e. The first-order chi connectivity index (χ1) is 11.7. The molecule has 0 bridgehead atoms. The number of methoxy groups -OCH3 is 2. The molecule has 0 fully saturated rings. The van der Waals surface area contributed by atoms with Gasteiger partial charge in [-0.15, -0.1) is 0 Å². The third-order valence-electron chi connectivity index (χ3n) is 3.48. The topological polar surface area (TPSA) is 83.2 Å². The maximum absolute atomic E-state index is 6.22. The highest BCUT2D eigenvalue weighted by Crippen LogP contribution is 2.38. The minimum atomic E-state index is 0.355. The number of ether oxygens (including phenoxy) is 2. The molecule has 0 aliphatic rings. The van der Waals surface area contributed by atoms with Crippen molar-refractivity contribution in [2.45, 2.75) is 13.3 Å². The van der Waals surface area contributed by atoms with E-state index in [2.05, 4.69) is 20.1 Å². The minimum absolute atomic E-state index is 0.355. The Morgan fingerprint density at radius 3 is 2.75 bits per heavy atom. The highest BCUT2D eigenvalue weighted by molar-refractivity contribution is 6.32. The smallest absolute Gasteiger partial charge is 0.261 e. The molecule has 1 aromatic carbocycles. The number of nitrogens with zero attached hydrogens (tertiary/aromatic N) is 4. The lowest BCUT2D eigenvalue weighted by atomic mass is 10.1. The van der Waals surface area contributed by atoms with Crippen LogP contribution in [0.5, 0.6) is 11.5 Å². The molecule has 124 valence electrons. The van der Waals surface area contributed by atoms with Crippen molar-refractivity contribution in [3.63, 3.8) is 0 Å². The van der Waals surface area contributed by atoms with Crippen molar-refractivity contribution >= 4 is 11.6 Å². The second kappa shape index (κ2) is 6.84. The molecule has 0 amide bonds. The van der Waals surface area contributed by atoms with Gasteiger partial charge >= 0.3 is 0 Å². The van der Waals surface area contributed by atoms with Crippen LogP contribution in [0.1, 0.15) is 12.6 Å². The molecule has 0 saturated carbocycles. The summed E-state index contributed by atoms with van der Waals surface area (Å²) in [5, 5.41) is 4.41. The number of aromatic nitrogens is 4. The van der Waals surface area contributed by atoms with Crippen LogP contribution in [-0.2, 0) is 6.42 Å². The standard InChI is InChI=1S/C16H15ClN4O3/c1-4-12-10(7-18-8-19-12)16-20-15(21-24-16)9-5-11(17)14(23-3)13(6-9)22-2/h5-8H,4H2,1-3H3. The van der Waals surface area contributed by atoms with Crippen LogP contribution in [0, 0.1) is 0 Å². The largest absolute Gasteiger partial charge is 0.493 e. The Morgan fingerprint density at radius 1 is 1.21 bits per heavy atom. The predicted molar refractivity (Wildman–Crippen MR) is 88.3 cm³/mol. The van der Waals surface area contributed by atoms with Crippen LogP contribution < -0.4 is 9.47 Å². The third-order valence-corrected chi connectivity index (χ3v) is 3.76. The quantitative estimate of drug-likeness (QED) is 0.699. The Labute approximate surface area is 143 Å². The molecule has 0 saturated heterocycles. The van der Waals surface area contributed by atoms with Gasteiger partial charge in [-0.1, -0.05) is 23.7 Å². The number of rotatable bonds is 5. The lowest BCUT2D eigenvalue weighted by molar-refractivity contribution is 0.355. The average molecular weight is 347 g/mol.